The molecule has 0 aliphatic heterocycles. The molecule has 1 heterocycles. The lowest BCUT2D eigenvalue weighted by Gasteiger charge is -2.26. The quantitative estimate of drug-likeness (QED) is 0.809. The van der Waals surface area contributed by atoms with E-state index in [-0.39, 0.29) is 15.5 Å². The molecule has 0 atom stereocenters. The van der Waals surface area contributed by atoms with Crippen molar-refractivity contribution in [2.45, 2.75) is 30.7 Å². The zero-order valence-corrected chi connectivity index (χ0v) is 13.9. The second-order valence-electron chi connectivity index (χ2n) is 5.09. The third-order valence-electron chi connectivity index (χ3n) is 3.68. The topological polar surface area (TPSA) is 64.0 Å². The molecule has 19 heavy (non-hydrogen) atoms. The van der Waals surface area contributed by atoms with E-state index in [1.54, 1.807) is 7.05 Å². The van der Waals surface area contributed by atoms with E-state index in [1.807, 2.05) is 0 Å². The number of nitrogens with zero attached hydrogens (tertiary/aromatic N) is 2. The number of alkyl halides is 1. The van der Waals surface area contributed by atoms with Crippen LogP contribution in [0.1, 0.15) is 25.7 Å². The van der Waals surface area contributed by atoms with Gasteiger partial charge in [-0.1, -0.05) is 40.4 Å². The summed E-state index contributed by atoms with van der Waals surface area (Å²) in [5.74, 6) is 0. The second kappa shape index (κ2) is 5.71. The van der Waals surface area contributed by atoms with Gasteiger partial charge in [-0.2, -0.15) is 5.10 Å². The van der Waals surface area contributed by atoms with Gasteiger partial charge in [-0.05, 0) is 18.3 Å². The molecule has 1 aromatic rings. The highest BCUT2D eigenvalue weighted by Gasteiger charge is 2.35. The van der Waals surface area contributed by atoms with Crippen molar-refractivity contribution in [2.24, 2.45) is 12.5 Å². The van der Waals surface area contributed by atoms with Crippen LogP contribution in [0.4, 0.5) is 0 Å². The van der Waals surface area contributed by atoms with E-state index >= 15 is 0 Å². The highest BCUT2D eigenvalue weighted by molar-refractivity contribution is 9.09. The van der Waals surface area contributed by atoms with Crippen molar-refractivity contribution >= 4 is 37.6 Å². The number of nitrogens with one attached hydrogen (secondary N) is 1. The fraction of sp³-hybridized carbons (Fsp3) is 0.727. The van der Waals surface area contributed by atoms with Gasteiger partial charge in [0.25, 0.3) is 10.0 Å². The van der Waals surface area contributed by atoms with Crippen molar-refractivity contribution < 1.29 is 8.42 Å². The Morgan fingerprint density at radius 3 is 2.63 bits per heavy atom. The third-order valence-corrected chi connectivity index (χ3v) is 6.78. The minimum absolute atomic E-state index is 0.0249. The molecule has 2 rings (SSSR count). The second-order valence-corrected chi connectivity index (χ2v) is 7.74. The molecule has 1 saturated carbocycles. The van der Waals surface area contributed by atoms with Gasteiger partial charge in [0.15, 0.2) is 5.03 Å². The third kappa shape index (κ3) is 3.15. The normalized spacial score (nSPS) is 18.9. The molecular weight excluding hydrogens is 354 g/mol. The molecule has 0 radical (unpaired) electrons. The van der Waals surface area contributed by atoms with Crippen LogP contribution >= 0.6 is 27.5 Å². The molecular formula is C11H17BrClN3O2S. The van der Waals surface area contributed by atoms with Gasteiger partial charge in [0.2, 0.25) is 0 Å². The first-order valence-electron chi connectivity index (χ1n) is 6.13. The van der Waals surface area contributed by atoms with Gasteiger partial charge in [-0.25, -0.2) is 13.1 Å². The van der Waals surface area contributed by atoms with Gasteiger partial charge in [0, 0.05) is 18.9 Å². The molecule has 1 N–H and O–H groups in total. The summed E-state index contributed by atoms with van der Waals surface area (Å²) in [7, 11) is -2.05. The van der Waals surface area contributed by atoms with Crippen LogP contribution in [0, 0.1) is 5.41 Å². The van der Waals surface area contributed by atoms with Crippen LogP contribution in [0.2, 0.25) is 5.02 Å². The molecule has 0 unspecified atom stereocenters. The molecule has 5 nitrogen and oxygen atoms in total. The maximum atomic E-state index is 12.3. The lowest BCUT2D eigenvalue weighted by molar-refractivity contribution is 0.347. The van der Waals surface area contributed by atoms with Crippen LogP contribution in [0.3, 0.4) is 0 Å². The SMILES string of the molecule is Cn1ncc(Cl)c1S(=O)(=O)NCC1(CBr)CCCC1. The minimum atomic E-state index is -3.62. The minimum Gasteiger partial charge on any atom is -0.255 e. The van der Waals surface area contributed by atoms with E-state index in [2.05, 4.69) is 25.8 Å². The number of sulfonamides is 1. The lowest BCUT2D eigenvalue weighted by Crippen LogP contribution is -2.37. The Bertz CT molecular complexity index is 533. The Hall–Kier alpha value is -0.110. The smallest absolute Gasteiger partial charge is 0.255 e. The average molecular weight is 371 g/mol. The number of rotatable bonds is 5. The van der Waals surface area contributed by atoms with E-state index < -0.39 is 10.0 Å². The van der Waals surface area contributed by atoms with Crippen molar-refractivity contribution in [2.75, 3.05) is 11.9 Å². The molecule has 0 aromatic carbocycles. The van der Waals surface area contributed by atoms with Gasteiger partial charge < -0.3 is 0 Å². The molecule has 0 saturated heterocycles. The monoisotopic (exact) mass is 369 g/mol. The van der Waals surface area contributed by atoms with Crippen LogP contribution in [0.25, 0.3) is 0 Å². The average Bonchev–Trinajstić information content (AvgIpc) is 2.95. The first-order valence-corrected chi connectivity index (χ1v) is 9.12. The summed E-state index contributed by atoms with van der Waals surface area (Å²) in [6, 6.07) is 0. The maximum Gasteiger partial charge on any atom is 0.259 e. The van der Waals surface area contributed by atoms with Gasteiger partial charge in [0.1, 0.15) is 0 Å². The summed E-state index contributed by atoms with van der Waals surface area (Å²) in [6.07, 6.45) is 5.73. The standard InChI is InChI=1S/C11H17BrClN3O2S/c1-16-10(9(13)6-14-16)19(17,18)15-8-11(7-12)4-2-3-5-11/h6,15H,2-5,7-8H2,1H3. The van der Waals surface area contributed by atoms with Crippen molar-refractivity contribution in [3.63, 3.8) is 0 Å². The van der Waals surface area contributed by atoms with Gasteiger partial charge in [0.05, 0.1) is 11.2 Å². The first kappa shape index (κ1) is 15.3. The highest BCUT2D eigenvalue weighted by Crippen LogP contribution is 2.39. The van der Waals surface area contributed by atoms with Gasteiger partial charge >= 0.3 is 0 Å². The zero-order chi connectivity index (χ0) is 14.1. The summed E-state index contributed by atoms with van der Waals surface area (Å²) in [5, 5.41) is 4.84. The Balaban J connectivity index is 2.14. The number of aryl methyl sites for hydroxylation is 1. The largest absolute Gasteiger partial charge is 0.259 e. The van der Waals surface area contributed by atoms with Gasteiger partial charge in [-0.3, -0.25) is 4.68 Å². The van der Waals surface area contributed by atoms with E-state index in [1.165, 1.54) is 10.9 Å². The number of hydrogen-bond acceptors (Lipinski definition) is 3. The number of aromatic nitrogens is 2. The van der Waals surface area contributed by atoms with Crippen molar-refractivity contribution in [1.82, 2.24) is 14.5 Å². The fourth-order valence-corrected chi connectivity index (χ4v) is 5.07. The fourth-order valence-electron chi connectivity index (χ4n) is 2.50. The Labute approximate surface area is 126 Å². The van der Waals surface area contributed by atoms with Crippen LogP contribution < -0.4 is 4.72 Å². The van der Waals surface area contributed by atoms with E-state index in [4.69, 9.17) is 11.6 Å². The predicted octanol–water partition coefficient (Wildman–Crippen LogP) is 2.31. The maximum absolute atomic E-state index is 12.3. The predicted molar refractivity (Wildman–Crippen MR) is 78.1 cm³/mol. The van der Waals surface area contributed by atoms with Crippen molar-refractivity contribution in [3.05, 3.63) is 11.2 Å². The zero-order valence-electron chi connectivity index (χ0n) is 10.7. The van der Waals surface area contributed by atoms with E-state index in [0.717, 1.165) is 31.0 Å². The molecule has 0 bridgehead atoms. The number of halogens is 2. The Kier molecular flexibility index (Phi) is 4.59. The van der Waals surface area contributed by atoms with E-state index in [0.29, 0.717) is 6.54 Å². The molecule has 1 aliphatic carbocycles. The highest BCUT2D eigenvalue weighted by atomic mass is 79.9. The van der Waals surface area contributed by atoms with Crippen LogP contribution in [0.15, 0.2) is 11.2 Å². The van der Waals surface area contributed by atoms with Crippen LogP contribution in [-0.2, 0) is 17.1 Å². The lowest BCUT2D eigenvalue weighted by atomic mass is 9.89. The Morgan fingerprint density at radius 1 is 1.53 bits per heavy atom. The van der Waals surface area contributed by atoms with Crippen molar-refractivity contribution in [1.29, 1.82) is 0 Å². The first-order chi connectivity index (χ1) is 8.90. The molecule has 1 aliphatic rings. The molecule has 0 amide bonds. The number of hydrogen-bond donors (Lipinski definition) is 1. The summed E-state index contributed by atoms with van der Waals surface area (Å²) in [4.78, 5) is 0. The van der Waals surface area contributed by atoms with Crippen LogP contribution in [0.5, 0.6) is 0 Å². The molecule has 0 spiro atoms. The summed E-state index contributed by atoms with van der Waals surface area (Å²) in [6.45, 7) is 0.433. The Morgan fingerprint density at radius 2 is 2.16 bits per heavy atom. The molecule has 1 aromatic heterocycles. The summed E-state index contributed by atoms with van der Waals surface area (Å²) in [5.41, 5.74) is 0.0259. The molecule has 1 fully saturated rings. The van der Waals surface area contributed by atoms with Crippen LogP contribution in [-0.4, -0.2) is 30.1 Å². The van der Waals surface area contributed by atoms with E-state index in [9.17, 15) is 8.42 Å². The molecule has 108 valence electrons. The van der Waals surface area contributed by atoms with Crippen molar-refractivity contribution in [3.8, 4) is 0 Å². The summed E-state index contributed by atoms with van der Waals surface area (Å²) >= 11 is 9.38. The molecule has 8 heteroatoms. The van der Waals surface area contributed by atoms with Gasteiger partial charge in [-0.15, -0.1) is 0 Å². The summed E-state index contributed by atoms with van der Waals surface area (Å²) < 4.78 is 28.5.